The maximum atomic E-state index is 11.5. The van der Waals surface area contributed by atoms with E-state index in [0.717, 1.165) is 51.4 Å². The first kappa shape index (κ1) is 25.5. The predicted molar refractivity (Wildman–Crippen MR) is 121 cm³/mol. The Bertz CT molecular complexity index is 654. The fourth-order valence-electron chi connectivity index (χ4n) is 4.32. The van der Waals surface area contributed by atoms with Crippen LogP contribution in [0.1, 0.15) is 84.5 Å². The van der Waals surface area contributed by atoms with Gasteiger partial charge in [0.25, 0.3) is 0 Å². The van der Waals surface area contributed by atoms with E-state index in [2.05, 4.69) is 22.7 Å². The molecule has 0 radical (unpaired) electrons. The van der Waals surface area contributed by atoms with Crippen molar-refractivity contribution in [2.24, 2.45) is 23.7 Å². The molecule has 0 aromatic rings. The Morgan fingerprint density at radius 2 is 1.87 bits per heavy atom. The lowest BCUT2D eigenvalue weighted by atomic mass is 9.88. The average molecular weight is 433 g/mol. The van der Waals surface area contributed by atoms with Crippen molar-refractivity contribution in [1.82, 2.24) is 0 Å². The lowest BCUT2D eigenvalue weighted by Crippen LogP contribution is -2.24. The molecule has 0 saturated heterocycles. The molecule has 5 nitrogen and oxygen atoms in total. The Morgan fingerprint density at radius 1 is 1.13 bits per heavy atom. The fourth-order valence-corrected chi connectivity index (χ4v) is 4.32. The number of allylic oxidation sites excluding steroid dienone is 1. The number of methoxy groups -OCH3 is 1. The molecule has 0 bridgehead atoms. The number of carbonyl (C=O) groups is 2. The van der Waals surface area contributed by atoms with Gasteiger partial charge in [-0.15, -0.1) is 5.92 Å². The molecule has 0 spiro atoms. The minimum absolute atomic E-state index is 0.0406. The molecule has 0 aromatic heterocycles. The lowest BCUT2D eigenvalue weighted by molar-refractivity contribution is -0.148. The van der Waals surface area contributed by atoms with Gasteiger partial charge in [-0.1, -0.05) is 44.3 Å². The van der Waals surface area contributed by atoms with Crippen LogP contribution in [0.3, 0.4) is 0 Å². The van der Waals surface area contributed by atoms with Gasteiger partial charge in [-0.3, -0.25) is 9.59 Å². The number of hydrogen-bond acceptors (Lipinski definition) is 5. The molecule has 2 saturated carbocycles. The molecule has 2 fully saturated rings. The second kappa shape index (κ2) is 13.6. The molecule has 1 N–H and O–H groups in total. The molecule has 5 heteroatoms. The molecular weight excluding hydrogens is 392 g/mol. The van der Waals surface area contributed by atoms with Gasteiger partial charge in [0.2, 0.25) is 0 Å². The highest BCUT2D eigenvalue weighted by atomic mass is 16.5. The van der Waals surface area contributed by atoms with E-state index in [1.807, 2.05) is 13.0 Å². The molecule has 0 aliphatic heterocycles. The van der Waals surface area contributed by atoms with Gasteiger partial charge in [0.1, 0.15) is 6.10 Å². The van der Waals surface area contributed by atoms with Gasteiger partial charge in [-0.2, -0.15) is 0 Å². The van der Waals surface area contributed by atoms with Gasteiger partial charge in [0, 0.05) is 31.6 Å². The summed E-state index contributed by atoms with van der Waals surface area (Å²) in [6.07, 6.45) is 14.0. The number of unbranched alkanes of at least 4 members (excludes halogenated alkanes) is 3. The molecule has 0 unspecified atom stereocenters. The van der Waals surface area contributed by atoms with E-state index in [0.29, 0.717) is 18.3 Å². The Labute approximate surface area is 188 Å². The van der Waals surface area contributed by atoms with Gasteiger partial charge >= 0.3 is 11.9 Å². The first-order chi connectivity index (χ1) is 14.9. The van der Waals surface area contributed by atoms with Gasteiger partial charge in [0.15, 0.2) is 0 Å². The quantitative estimate of drug-likeness (QED) is 0.207. The van der Waals surface area contributed by atoms with Crippen molar-refractivity contribution in [1.29, 1.82) is 0 Å². The number of rotatable bonds is 12. The Kier molecular flexibility index (Phi) is 11.2. The summed E-state index contributed by atoms with van der Waals surface area (Å²) in [6, 6.07) is 0. The Balaban J connectivity index is 1.81. The number of aliphatic hydroxyl groups excluding tert-OH is 1. The summed E-state index contributed by atoms with van der Waals surface area (Å²) in [5.74, 6) is 7.42. The predicted octanol–water partition coefficient (Wildman–Crippen LogP) is 4.81. The highest BCUT2D eigenvalue weighted by Gasteiger charge is 2.36. The van der Waals surface area contributed by atoms with Crippen LogP contribution < -0.4 is 0 Å². The van der Waals surface area contributed by atoms with Crippen molar-refractivity contribution in [3.63, 3.8) is 0 Å². The maximum Gasteiger partial charge on any atom is 0.305 e. The van der Waals surface area contributed by atoms with E-state index in [9.17, 15) is 14.7 Å². The second-order valence-corrected chi connectivity index (χ2v) is 9.23. The summed E-state index contributed by atoms with van der Waals surface area (Å²) in [7, 11) is 1.42. The topological polar surface area (TPSA) is 72.8 Å². The molecule has 174 valence electrons. The van der Waals surface area contributed by atoms with Crippen molar-refractivity contribution in [2.45, 2.75) is 96.7 Å². The summed E-state index contributed by atoms with van der Waals surface area (Å²) in [5.41, 5.74) is 0. The smallest absolute Gasteiger partial charge is 0.305 e. The zero-order chi connectivity index (χ0) is 22.6. The van der Waals surface area contributed by atoms with Crippen molar-refractivity contribution in [2.75, 3.05) is 7.11 Å². The molecule has 2 aliphatic carbocycles. The van der Waals surface area contributed by atoms with Crippen molar-refractivity contribution < 1.29 is 24.2 Å². The molecule has 0 amide bonds. The van der Waals surface area contributed by atoms with E-state index >= 15 is 0 Å². The van der Waals surface area contributed by atoms with Crippen LogP contribution in [0.5, 0.6) is 0 Å². The van der Waals surface area contributed by atoms with E-state index in [-0.39, 0.29) is 29.9 Å². The Hall–Kier alpha value is -1.80. The summed E-state index contributed by atoms with van der Waals surface area (Å²) < 4.78 is 10.3. The van der Waals surface area contributed by atoms with Crippen LogP contribution >= 0.6 is 0 Å². The van der Waals surface area contributed by atoms with Crippen molar-refractivity contribution in [3.05, 3.63) is 12.2 Å². The van der Waals surface area contributed by atoms with Gasteiger partial charge in [0.05, 0.1) is 13.2 Å². The zero-order valence-corrected chi connectivity index (χ0v) is 19.5. The van der Waals surface area contributed by atoms with Crippen molar-refractivity contribution in [3.8, 4) is 11.8 Å². The van der Waals surface area contributed by atoms with Crippen LogP contribution in [0.4, 0.5) is 0 Å². The number of carbonyl (C=O) groups excluding carboxylic acids is 2. The molecule has 2 rings (SSSR count). The summed E-state index contributed by atoms with van der Waals surface area (Å²) >= 11 is 0. The van der Waals surface area contributed by atoms with Crippen LogP contribution in [0.15, 0.2) is 12.2 Å². The fraction of sp³-hybridized carbons (Fsp3) is 0.769. The third-order valence-corrected chi connectivity index (χ3v) is 6.47. The number of aliphatic hydroxyl groups is 1. The summed E-state index contributed by atoms with van der Waals surface area (Å²) in [5, 5.41) is 10.5. The minimum Gasteiger partial charge on any atom is -0.469 e. The first-order valence-corrected chi connectivity index (χ1v) is 12.0. The summed E-state index contributed by atoms with van der Waals surface area (Å²) in [4.78, 5) is 22.7. The summed E-state index contributed by atoms with van der Waals surface area (Å²) in [6.45, 7) is 3.51. The van der Waals surface area contributed by atoms with Crippen LogP contribution in [0.2, 0.25) is 0 Å². The third kappa shape index (κ3) is 9.91. The van der Waals surface area contributed by atoms with Crippen LogP contribution in [0, 0.1) is 35.5 Å². The van der Waals surface area contributed by atoms with Gasteiger partial charge in [-0.05, 0) is 50.4 Å². The largest absolute Gasteiger partial charge is 0.469 e. The second-order valence-electron chi connectivity index (χ2n) is 9.23. The highest BCUT2D eigenvalue weighted by Crippen LogP contribution is 2.39. The molecular formula is C26H40O5. The normalized spacial score (nSPS) is 25.0. The first-order valence-electron chi connectivity index (χ1n) is 12.0. The zero-order valence-electron chi connectivity index (χ0n) is 19.5. The SMILES string of the molecule is COC(=O)CCCCCC[C@H]1[C@@H](OC(C)=O)CC[C@@H]1/C=C/[C@@H](O)[C@@H](C)CC#CC1CC1. The molecule has 0 aromatic carbocycles. The monoisotopic (exact) mass is 432 g/mol. The van der Waals surface area contributed by atoms with Crippen LogP contribution in [-0.2, 0) is 19.1 Å². The van der Waals surface area contributed by atoms with Crippen LogP contribution in [0.25, 0.3) is 0 Å². The molecule has 0 heterocycles. The standard InChI is InChI=1S/C26H40O5/c1-19(9-8-10-21-13-14-21)24(28)17-15-22-16-18-25(31-20(2)27)23(22)11-6-4-5-7-12-26(29)30-3/h15,17,19,21-25,28H,4-7,9,11-14,16,18H2,1-3H3/b17-15+/t19-,22-,23+,24+,25-/m0/s1. The van der Waals surface area contributed by atoms with Crippen LogP contribution in [-0.4, -0.2) is 36.4 Å². The van der Waals surface area contributed by atoms with Gasteiger partial charge in [-0.25, -0.2) is 0 Å². The Morgan fingerprint density at radius 3 is 2.55 bits per heavy atom. The average Bonchev–Trinajstić information content (AvgIpc) is 3.49. The number of esters is 2. The molecule has 5 atom stereocenters. The number of hydrogen-bond donors (Lipinski definition) is 1. The van der Waals surface area contributed by atoms with E-state index in [1.165, 1.54) is 26.9 Å². The van der Waals surface area contributed by atoms with E-state index in [4.69, 9.17) is 4.74 Å². The lowest BCUT2D eigenvalue weighted by Gasteiger charge is -2.23. The van der Waals surface area contributed by atoms with Gasteiger partial charge < -0.3 is 14.6 Å². The molecule has 31 heavy (non-hydrogen) atoms. The minimum atomic E-state index is -0.500. The van der Waals surface area contributed by atoms with E-state index < -0.39 is 6.10 Å². The van der Waals surface area contributed by atoms with E-state index in [1.54, 1.807) is 0 Å². The third-order valence-electron chi connectivity index (χ3n) is 6.47. The molecule has 2 aliphatic rings. The van der Waals surface area contributed by atoms with Crippen molar-refractivity contribution >= 4 is 11.9 Å². The maximum absolute atomic E-state index is 11.5. The highest BCUT2D eigenvalue weighted by molar-refractivity contribution is 5.69. The number of ether oxygens (including phenoxy) is 2.